The van der Waals surface area contributed by atoms with E-state index in [1.165, 1.54) is 5.56 Å². The number of anilines is 1. The first-order chi connectivity index (χ1) is 13.3. The third-order valence-electron chi connectivity index (χ3n) is 4.71. The lowest BCUT2D eigenvalue weighted by atomic mass is 10.1. The van der Waals surface area contributed by atoms with Crippen molar-refractivity contribution in [1.82, 2.24) is 15.0 Å². The predicted molar refractivity (Wildman–Crippen MR) is 108 cm³/mol. The molecule has 0 radical (unpaired) electrons. The molecule has 0 unspecified atom stereocenters. The number of amides is 1. The molecule has 2 atom stereocenters. The second-order valence-corrected chi connectivity index (χ2v) is 8.31. The van der Waals surface area contributed by atoms with Gasteiger partial charge in [0.15, 0.2) is 0 Å². The molecule has 0 aliphatic heterocycles. The summed E-state index contributed by atoms with van der Waals surface area (Å²) in [6.07, 6.45) is 4.33. The maximum absolute atomic E-state index is 12.0. The molecule has 28 heavy (non-hydrogen) atoms. The zero-order valence-electron chi connectivity index (χ0n) is 16.6. The monoisotopic (exact) mass is 376 g/mol. The summed E-state index contributed by atoms with van der Waals surface area (Å²) in [5, 5.41) is 3.77. The fourth-order valence-electron chi connectivity index (χ4n) is 3.35. The third-order valence-corrected chi connectivity index (χ3v) is 4.71. The normalized spacial score (nSPS) is 18.7. The molecule has 6 heteroatoms. The fraction of sp³-hybridized carbons (Fsp3) is 0.364. The lowest BCUT2D eigenvalue weighted by Gasteiger charge is -2.19. The summed E-state index contributed by atoms with van der Waals surface area (Å²) in [7, 11) is 0. The van der Waals surface area contributed by atoms with Crippen molar-refractivity contribution >= 4 is 22.7 Å². The average Bonchev–Trinajstić information content (AvgIpc) is 3.40. The van der Waals surface area contributed by atoms with Gasteiger partial charge in [0.2, 0.25) is 0 Å². The molecule has 6 nitrogen and oxygen atoms in total. The van der Waals surface area contributed by atoms with E-state index >= 15 is 0 Å². The number of carbonyl (C=O) groups is 1. The Bertz CT molecular complexity index is 1040. The van der Waals surface area contributed by atoms with Gasteiger partial charge in [-0.2, -0.15) is 0 Å². The number of fused-ring (bicyclic) bond motifs is 1. The van der Waals surface area contributed by atoms with Crippen LogP contribution in [-0.4, -0.2) is 26.6 Å². The van der Waals surface area contributed by atoms with Gasteiger partial charge in [-0.3, -0.25) is 10.3 Å². The number of ether oxygens (including phenoxy) is 1. The van der Waals surface area contributed by atoms with Crippen LogP contribution in [-0.2, 0) is 4.74 Å². The van der Waals surface area contributed by atoms with E-state index < -0.39 is 11.7 Å². The number of pyridine rings is 1. The van der Waals surface area contributed by atoms with Crippen molar-refractivity contribution in [2.75, 3.05) is 5.32 Å². The summed E-state index contributed by atoms with van der Waals surface area (Å²) in [4.78, 5) is 25.6. The fourth-order valence-corrected chi connectivity index (χ4v) is 3.35. The Hall–Kier alpha value is -3.02. The number of nitrogens with one attached hydrogen (secondary N) is 1. The minimum atomic E-state index is -0.533. The van der Waals surface area contributed by atoms with Gasteiger partial charge < -0.3 is 4.74 Å². The zero-order valence-corrected chi connectivity index (χ0v) is 16.6. The summed E-state index contributed by atoms with van der Waals surface area (Å²) in [6.45, 7) is 7.51. The number of hydrogen-bond donors (Lipinski definition) is 1. The molecule has 3 aromatic rings. The van der Waals surface area contributed by atoms with Crippen LogP contribution in [0.15, 0.2) is 42.7 Å². The summed E-state index contributed by atoms with van der Waals surface area (Å²) in [6, 6.07) is 9.72. The van der Waals surface area contributed by atoms with Crippen LogP contribution in [0.1, 0.15) is 56.1 Å². The molecule has 1 fully saturated rings. The number of rotatable bonds is 3. The van der Waals surface area contributed by atoms with Crippen LogP contribution in [0, 0.1) is 6.92 Å². The van der Waals surface area contributed by atoms with Crippen molar-refractivity contribution < 1.29 is 9.53 Å². The van der Waals surface area contributed by atoms with Crippen molar-refractivity contribution in [3.63, 3.8) is 0 Å². The minimum Gasteiger partial charge on any atom is -0.444 e. The highest BCUT2D eigenvalue weighted by Crippen LogP contribution is 2.53. The Labute approximate surface area is 164 Å². The van der Waals surface area contributed by atoms with Gasteiger partial charge in [-0.15, -0.1) is 0 Å². The van der Waals surface area contributed by atoms with Gasteiger partial charge >= 0.3 is 6.09 Å². The Morgan fingerprint density at radius 2 is 1.96 bits per heavy atom. The third kappa shape index (κ3) is 4.11. The molecule has 4 rings (SSSR count). The molecule has 0 bridgehead atoms. The minimum absolute atomic E-state index is 0.349. The van der Waals surface area contributed by atoms with E-state index in [-0.39, 0.29) is 0 Å². The van der Waals surface area contributed by atoms with Gasteiger partial charge in [-0.25, -0.2) is 14.8 Å². The second kappa shape index (κ2) is 6.86. The van der Waals surface area contributed by atoms with Gasteiger partial charge in [0.05, 0.1) is 5.52 Å². The van der Waals surface area contributed by atoms with Crippen molar-refractivity contribution in [1.29, 1.82) is 0 Å². The van der Waals surface area contributed by atoms with E-state index in [1.807, 2.05) is 64.4 Å². The van der Waals surface area contributed by atoms with Crippen LogP contribution < -0.4 is 5.32 Å². The van der Waals surface area contributed by atoms with Crippen LogP contribution in [0.4, 0.5) is 10.5 Å². The highest BCUT2D eigenvalue weighted by Gasteiger charge is 2.42. The van der Waals surface area contributed by atoms with E-state index in [4.69, 9.17) is 4.74 Å². The van der Waals surface area contributed by atoms with Gasteiger partial charge in [-0.1, -0.05) is 0 Å². The zero-order chi connectivity index (χ0) is 19.9. The van der Waals surface area contributed by atoms with Crippen LogP contribution >= 0.6 is 0 Å². The Morgan fingerprint density at radius 1 is 1.14 bits per heavy atom. The van der Waals surface area contributed by atoms with E-state index in [9.17, 15) is 4.79 Å². The maximum atomic E-state index is 12.0. The summed E-state index contributed by atoms with van der Waals surface area (Å²) < 4.78 is 5.32. The quantitative estimate of drug-likeness (QED) is 0.700. The first kappa shape index (κ1) is 18.3. The van der Waals surface area contributed by atoms with E-state index in [1.54, 1.807) is 0 Å². The molecule has 2 aromatic heterocycles. The largest absolute Gasteiger partial charge is 0.444 e. The molecular formula is C22H24N4O2. The van der Waals surface area contributed by atoms with Crippen LogP contribution in [0.5, 0.6) is 0 Å². The van der Waals surface area contributed by atoms with Crippen LogP contribution in [0.2, 0.25) is 0 Å². The van der Waals surface area contributed by atoms with Crippen molar-refractivity contribution in [3.05, 3.63) is 59.8 Å². The second-order valence-electron chi connectivity index (χ2n) is 8.31. The average molecular weight is 376 g/mol. The van der Waals surface area contributed by atoms with Gasteiger partial charge in [0.1, 0.15) is 11.4 Å². The maximum Gasteiger partial charge on any atom is 0.412 e. The number of hydrogen-bond acceptors (Lipinski definition) is 5. The summed E-state index contributed by atoms with van der Waals surface area (Å²) in [5.41, 5.74) is 3.22. The first-order valence-corrected chi connectivity index (χ1v) is 9.48. The Kier molecular flexibility index (Phi) is 4.49. The molecule has 0 saturated heterocycles. The van der Waals surface area contributed by atoms with Crippen molar-refractivity contribution in [3.8, 4) is 0 Å². The lowest BCUT2D eigenvalue weighted by Crippen LogP contribution is -2.27. The standard InChI is InChI=1S/C22H24N4O2/c1-13-7-8-23-20(25-13)18-11-17(18)15-9-14-10-16(5-6-19(14)24-12-15)26-21(27)28-22(2,3)4/h5-10,12,17-18H,11H2,1-4H3,(H,26,27)/t17-,18+/m1/s1. The Balaban J connectivity index is 1.53. The number of benzene rings is 1. The van der Waals surface area contributed by atoms with Crippen molar-refractivity contribution in [2.24, 2.45) is 0 Å². The molecule has 144 valence electrons. The van der Waals surface area contributed by atoms with Crippen molar-refractivity contribution in [2.45, 2.75) is 51.6 Å². The molecule has 0 spiro atoms. The molecule has 1 aromatic carbocycles. The Morgan fingerprint density at radius 3 is 2.71 bits per heavy atom. The SMILES string of the molecule is Cc1ccnc([C@H]2C[C@@H]2c2cnc3ccc(NC(=O)OC(C)(C)C)cc3c2)n1. The van der Waals surface area contributed by atoms with Gasteiger partial charge in [0.25, 0.3) is 0 Å². The van der Waals surface area contributed by atoms with E-state index in [2.05, 4.69) is 26.3 Å². The number of aromatic nitrogens is 3. The van der Waals surface area contributed by atoms with Gasteiger partial charge in [-0.05, 0) is 75.9 Å². The number of aryl methyl sites for hydroxylation is 1. The molecule has 1 aliphatic carbocycles. The molecule has 1 N–H and O–H groups in total. The smallest absolute Gasteiger partial charge is 0.412 e. The molecular weight excluding hydrogens is 352 g/mol. The molecule has 1 amide bonds. The van der Waals surface area contributed by atoms with Crippen LogP contribution in [0.3, 0.4) is 0 Å². The highest BCUT2D eigenvalue weighted by molar-refractivity contribution is 5.90. The van der Waals surface area contributed by atoms with E-state index in [0.717, 1.165) is 28.8 Å². The topological polar surface area (TPSA) is 77.0 Å². The summed E-state index contributed by atoms with van der Waals surface area (Å²) >= 11 is 0. The van der Waals surface area contributed by atoms with Crippen LogP contribution in [0.25, 0.3) is 10.9 Å². The highest BCUT2D eigenvalue weighted by atomic mass is 16.6. The molecule has 1 saturated carbocycles. The molecule has 2 heterocycles. The number of nitrogens with zero attached hydrogens (tertiary/aromatic N) is 3. The summed E-state index contributed by atoms with van der Waals surface area (Å²) in [5.74, 6) is 1.65. The lowest BCUT2D eigenvalue weighted by molar-refractivity contribution is 0.0636. The molecule has 1 aliphatic rings. The van der Waals surface area contributed by atoms with Gasteiger partial charge in [0, 0.05) is 35.1 Å². The van der Waals surface area contributed by atoms with E-state index in [0.29, 0.717) is 17.5 Å². The predicted octanol–water partition coefficient (Wildman–Crippen LogP) is 4.95. The number of carbonyl (C=O) groups excluding carboxylic acids is 1. The first-order valence-electron chi connectivity index (χ1n) is 9.48.